The van der Waals surface area contributed by atoms with Gasteiger partial charge in [-0.2, -0.15) is 5.26 Å². The number of halogens is 1. The van der Waals surface area contributed by atoms with Gasteiger partial charge in [-0.3, -0.25) is 0 Å². The molecular weight excluding hydrogens is 234 g/mol. The minimum absolute atomic E-state index is 0.269. The number of nitriles is 1. The summed E-state index contributed by atoms with van der Waals surface area (Å²) in [6.45, 7) is 4.04. The van der Waals surface area contributed by atoms with Crippen molar-refractivity contribution in [3.63, 3.8) is 0 Å². The number of hydrogen-bond acceptors (Lipinski definition) is 2. The maximum Gasteiger partial charge on any atom is 0.178 e. The summed E-state index contributed by atoms with van der Waals surface area (Å²) in [7, 11) is 1.81. The van der Waals surface area contributed by atoms with Gasteiger partial charge in [0.05, 0.1) is 0 Å². The number of hydrogen-bond donors (Lipinski definition) is 0. The van der Waals surface area contributed by atoms with Gasteiger partial charge in [0.1, 0.15) is 17.0 Å². The highest BCUT2D eigenvalue weighted by atomic mass is 35.5. The normalized spacial score (nSPS) is 10.3. The third kappa shape index (κ3) is 1.92. The molecule has 1 aromatic carbocycles. The third-order valence-electron chi connectivity index (χ3n) is 2.77. The molecule has 0 unspecified atom stereocenters. The Kier molecular flexibility index (Phi) is 2.91. The molecule has 3 nitrogen and oxygen atoms in total. The van der Waals surface area contributed by atoms with Crippen LogP contribution in [-0.4, -0.2) is 9.55 Å². The van der Waals surface area contributed by atoms with Gasteiger partial charge in [-0.15, -0.1) is 0 Å². The molecule has 0 spiro atoms. The molecule has 0 amide bonds. The predicted molar refractivity (Wildman–Crippen MR) is 67.8 cm³/mol. The van der Waals surface area contributed by atoms with E-state index in [9.17, 15) is 0 Å². The second-order valence-electron chi connectivity index (χ2n) is 4.06. The lowest BCUT2D eigenvalue weighted by Crippen LogP contribution is -1.95. The standard InChI is InChI=1S/C13H12ClN3/c1-8-4-5-9(2)10(6-8)13-16-11(7-15)12(14)17(13)3/h4-6H,1-3H3. The number of rotatable bonds is 1. The van der Waals surface area contributed by atoms with Crippen LogP contribution in [0.2, 0.25) is 5.15 Å². The van der Waals surface area contributed by atoms with E-state index in [-0.39, 0.29) is 5.69 Å². The largest absolute Gasteiger partial charge is 0.317 e. The van der Waals surface area contributed by atoms with Crippen LogP contribution in [0.3, 0.4) is 0 Å². The van der Waals surface area contributed by atoms with Gasteiger partial charge in [-0.05, 0) is 25.5 Å². The highest BCUT2D eigenvalue weighted by Gasteiger charge is 2.15. The second-order valence-corrected chi connectivity index (χ2v) is 4.42. The molecular formula is C13H12ClN3. The summed E-state index contributed by atoms with van der Waals surface area (Å²) in [5.74, 6) is 0.729. The number of nitrogens with zero attached hydrogens (tertiary/aromatic N) is 3. The first-order valence-electron chi connectivity index (χ1n) is 5.24. The van der Waals surface area contributed by atoms with E-state index in [1.54, 1.807) is 4.57 Å². The van der Waals surface area contributed by atoms with E-state index in [0.29, 0.717) is 5.15 Å². The summed E-state index contributed by atoms with van der Waals surface area (Å²) in [6, 6.07) is 8.14. The fourth-order valence-electron chi connectivity index (χ4n) is 1.77. The van der Waals surface area contributed by atoms with Crippen molar-refractivity contribution in [3.8, 4) is 17.5 Å². The van der Waals surface area contributed by atoms with Crippen LogP contribution in [0.1, 0.15) is 16.8 Å². The number of aromatic nitrogens is 2. The Balaban J connectivity index is 2.69. The zero-order valence-corrected chi connectivity index (χ0v) is 10.7. The molecule has 17 heavy (non-hydrogen) atoms. The molecule has 86 valence electrons. The molecule has 1 heterocycles. The lowest BCUT2D eigenvalue weighted by molar-refractivity contribution is 0.923. The van der Waals surface area contributed by atoms with Crippen molar-refractivity contribution < 1.29 is 0 Å². The second kappa shape index (κ2) is 4.23. The fraction of sp³-hybridized carbons (Fsp3) is 0.231. The molecule has 0 bridgehead atoms. The molecule has 0 aliphatic carbocycles. The van der Waals surface area contributed by atoms with Crippen LogP contribution in [0.4, 0.5) is 0 Å². The van der Waals surface area contributed by atoms with Crippen LogP contribution >= 0.6 is 11.6 Å². The molecule has 0 atom stereocenters. The molecule has 0 aliphatic rings. The van der Waals surface area contributed by atoms with E-state index in [4.69, 9.17) is 16.9 Å². The smallest absolute Gasteiger partial charge is 0.178 e. The minimum Gasteiger partial charge on any atom is -0.317 e. The monoisotopic (exact) mass is 245 g/mol. The zero-order valence-electron chi connectivity index (χ0n) is 9.95. The summed E-state index contributed by atoms with van der Waals surface area (Å²) in [6.07, 6.45) is 0. The van der Waals surface area contributed by atoms with Gasteiger partial charge in [-0.25, -0.2) is 4.98 Å². The molecule has 2 rings (SSSR count). The highest BCUT2D eigenvalue weighted by Crippen LogP contribution is 2.27. The molecule has 4 heteroatoms. The van der Waals surface area contributed by atoms with Crippen LogP contribution in [0.5, 0.6) is 0 Å². The van der Waals surface area contributed by atoms with Crippen LogP contribution in [0.25, 0.3) is 11.4 Å². The van der Waals surface area contributed by atoms with Crippen molar-refractivity contribution in [3.05, 3.63) is 40.2 Å². The third-order valence-corrected chi connectivity index (χ3v) is 3.20. The number of aryl methyl sites for hydroxylation is 2. The average molecular weight is 246 g/mol. The van der Waals surface area contributed by atoms with Crippen LogP contribution in [0, 0.1) is 25.2 Å². The predicted octanol–water partition coefficient (Wildman–Crippen LogP) is 3.23. The van der Waals surface area contributed by atoms with E-state index in [1.807, 2.05) is 33.0 Å². The Bertz CT molecular complexity index is 620. The molecule has 1 aromatic heterocycles. The number of imidazole rings is 1. The minimum atomic E-state index is 0.269. The van der Waals surface area contributed by atoms with Crippen molar-refractivity contribution in [2.75, 3.05) is 0 Å². The molecule has 0 radical (unpaired) electrons. The van der Waals surface area contributed by atoms with Crippen molar-refractivity contribution in [1.29, 1.82) is 5.26 Å². The van der Waals surface area contributed by atoms with Gasteiger partial charge in [0.2, 0.25) is 0 Å². The van der Waals surface area contributed by atoms with Crippen molar-refractivity contribution in [2.24, 2.45) is 7.05 Å². The maximum absolute atomic E-state index is 8.92. The summed E-state index contributed by atoms with van der Waals surface area (Å²) >= 11 is 6.03. The fourth-order valence-corrected chi connectivity index (χ4v) is 1.93. The molecule has 0 N–H and O–H groups in total. The highest BCUT2D eigenvalue weighted by molar-refractivity contribution is 6.30. The van der Waals surface area contributed by atoms with Crippen molar-refractivity contribution in [1.82, 2.24) is 9.55 Å². The Hall–Kier alpha value is -1.79. The number of benzene rings is 1. The van der Waals surface area contributed by atoms with Gasteiger partial charge in [0, 0.05) is 12.6 Å². The van der Waals surface area contributed by atoms with Crippen molar-refractivity contribution in [2.45, 2.75) is 13.8 Å². The lowest BCUT2D eigenvalue weighted by Gasteiger charge is -2.07. The summed E-state index contributed by atoms with van der Waals surface area (Å²) in [5, 5.41) is 9.29. The van der Waals surface area contributed by atoms with E-state index >= 15 is 0 Å². The SMILES string of the molecule is Cc1ccc(C)c(-c2nc(C#N)c(Cl)n2C)c1. The van der Waals surface area contributed by atoms with Crippen LogP contribution < -0.4 is 0 Å². The zero-order chi connectivity index (χ0) is 12.6. The van der Waals surface area contributed by atoms with Gasteiger partial charge in [0.15, 0.2) is 5.69 Å². The Morgan fingerprint density at radius 3 is 2.65 bits per heavy atom. The maximum atomic E-state index is 8.92. The van der Waals surface area contributed by atoms with Crippen molar-refractivity contribution >= 4 is 11.6 Å². The van der Waals surface area contributed by atoms with Gasteiger partial charge in [0.25, 0.3) is 0 Å². The first-order valence-corrected chi connectivity index (χ1v) is 5.62. The van der Waals surface area contributed by atoms with Gasteiger partial charge in [-0.1, -0.05) is 29.3 Å². The summed E-state index contributed by atoms with van der Waals surface area (Å²) < 4.78 is 1.74. The van der Waals surface area contributed by atoms with Gasteiger partial charge < -0.3 is 4.57 Å². The summed E-state index contributed by atoms with van der Waals surface area (Å²) in [4.78, 5) is 4.27. The van der Waals surface area contributed by atoms with E-state index in [0.717, 1.165) is 22.5 Å². The van der Waals surface area contributed by atoms with E-state index in [2.05, 4.69) is 17.1 Å². The van der Waals surface area contributed by atoms with E-state index in [1.165, 1.54) is 0 Å². The first kappa shape index (κ1) is 11.7. The van der Waals surface area contributed by atoms with Gasteiger partial charge >= 0.3 is 0 Å². The molecule has 0 saturated heterocycles. The van der Waals surface area contributed by atoms with E-state index < -0.39 is 0 Å². The quantitative estimate of drug-likeness (QED) is 0.774. The van der Waals surface area contributed by atoms with Crippen LogP contribution in [-0.2, 0) is 7.05 Å². The lowest BCUT2D eigenvalue weighted by atomic mass is 10.1. The molecule has 0 saturated carbocycles. The average Bonchev–Trinajstić information content (AvgIpc) is 2.59. The Labute approximate surface area is 105 Å². The Morgan fingerprint density at radius 1 is 1.35 bits per heavy atom. The molecule has 0 fully saturated rings. The summed E-state index contributed by atoms with van der Waals surface area (Å²) in [5.41, 5.74) is 3.55. The topological polar surface area (TPSA) is 41.6 Å². The Morgan fingerprint density at radius 2 is 2.06 bits per heavy atom. The molecule has 0 aliphatic heterocycles. The van der Waals surface area contributed by atoms with Crippen LogP contribution in [0.15, 0.2) is 18.2 Å². The molecule has 2 aromatic rings. The first-order chi connectivity index (χ1) is 8.04.